The summed E-state index contributed by atoms with van der Waals surface area (Å²) in [5.41, 5.74) is 2.91. The third-order valence-electron chi connectivity index (χ3n) is 4.56. The van der Waals surface area contributed by atoms with E-state index in [0.717, 1.165) is 39.9 Å². The quantitative estimate of drug-likeness (QED) is 0.640. The van der Waals surface area contributed by atoms with E-state index >= 15 is 0 Å². The van der Waals surface area contributed by atoms with E-state index in [1.54, 1.807) is 54.9 Å². The lowest BCUT2D eigenvalue weighted by Gasteiger charge is -2.12. The fraction of sp³-hybridized carbons (Fsp3) is 0.238. The Kier molecular flexibility index (Phi) is 5.62. The lowest BCUT2D eigenvalue weighted by atomic mass is 10.2. The number of thioether (sulfide) groups is 1. The van der Waals surface area contributed by atoms with Gasteiger partial charge in [-0.2, -0.15) is 16.9 Å². The molecule has 7 nitrogen and oxygen atoms in total. The summed E-state index contributed by atoms with van der Waals surface area (Å²) in [7, 11) is 3.23. The highest BCUT2D eigenvalue weighted by Gasteiger charge is 2.24. The van der Waals surface area contributed by atoms with Gasteiger partial charge in [0.05, 0.1) is 25.6 Å². The molecule has 150 valence electrons. The predicted molar refractivity (Wildman–Crippen MR) is 112 cm³/mol. The van der Waals surface area contributed by atoms with Crippen LogP contribution in [0.1, 0.15) is 11.3 Å². The van der Waals surface area contributed by atoms with Crippen LogP contribution in [-0.2, 0) is 16.3 Å². The molecule has 0 saturated carbocycles. The number of carbonyl (C=O) groups is 1. The van der Waals surface area contributed by atoms with Gasteiger partial charge in [-0.1, -0.05) is 0 Å². The second-order valence-corrected chi connectivity index (χ2v) is 7.37. The summed E-state index contributed by atoms with van der Waals surface area (Å²) in [6.45, 7) is -0.0952. The molecule has 29 heavy (non-hydrogen) atoms. The van der Waals surface area contributed by atoms with Gasteiger partial charge in [-0.25, -0.2) is 4.68 Å². The van der Waals surface area contributed by atoms with Crippen molar-refractivity contribution >= 4 is 23.5 Å². The second kappa shape index (κ2) is 8.48. The van der Waals surface area contributed by atoms with E-state index in [1.165, 1.54) is 0 Å². The standard InChI is InChI=1S/C21H21N3O4S/c1-26-15-5-3-14(4-6-15)24-21(18-12-29-13-19(18)23-24)22-20(25)11-28-17-9-7-16(27-2)8-10-17/h3-10H,11-13H2,1-2H3,(H,22,25). The Balaban J connectivity index is 1.50. The van der Waals surface area contributed by atoms with Gasteiger partial charge in [-0.3, -0.25) is 4.79 Å². The number of rotatable bonds is 7. The summed E-state index contributed by atoms with van der Waals surface area (Å²) < 4.78 is 17.7. The highest BCUT2D eigenvalue weighted by molar-refractivity contribution is 7.98. The number of hydrogen-bond donors (Lipinski definition) is 1. The minimum atomic E-state index is -0.241. The zero-order chi connectivity index (χ0) is 20.2. The molecule has 0 saturated heterocycles. The molecule has 1 aliphatic heterocycles. The first kappa shape index (κ1) is 19.2. The number of aromatic nitrogens is 2. The Morgan fingerprint density at radius 1 is 1.00 bits per heavy atom. The molecule has 1 amide bonds. The van der Waals surface area contributed by atoms with Gasteiger partial charge in [0.25, 0.3) is 5.91 Å². The summed E-state index contributed by atoms with van der Waals surface area (Å²) in [4.78, 5) is 12.6. The first-order valence-corrected chi connectivity index (χ1v) is 10.2. The average Bonchev–Trinajstić information content (AvgIpc) is 3.35. The number of carbonyl (C=O) groups excluding carboxylic acids is 1. The first-order valence-electron chi connectivity index (χ1n) is 9.07. The van der Waals surface area contributed by atoms with Crippen LogP contribution >= 0.6 is 11.8 Å². The van der Waals surface area contributed by atoms with Crippen molar-refractivity contribution in [2.24, 2.45) is 0 Å². The van der Waals surface area contributed by atoms with Crippen molar-refractivity contribution in [3.05, 3.63) is 59.8 Å². The van der Waals surface area contributed by atoms with E-state index < -0.39 is 0 Å². The highest BCUT2D eigenvalue weighted by Crippen LogP contribution is 2.36. The van der Waals surface area contributed by atoms with Gasteiger partial charge in [0.1, 0.15) is 23.1 Å². The molecule has 0 atom stereocenters. The first-order chi connectivity index (χ1) is 14.2. The predicted octanol–water partition coefficient (Wildman–Crippen LogP) is 3.65. The largest absolute Gasteiger partial charge is 0.497 e. The van der Waals surface area contributed by atoms with Crippen molar-refractivity contribution in [3.63, 3.8) is 0 Å². The minimum absolute atomic E-state index is 0.0952. The number of hydrogen-bond acceptors (Lipinski definition) is 6. The SMILES string of the molecule is COc1ccc(OCC(=O)Nc2c3c(nn2-c2ccc(OC)cc2)CSC3)cc1. The number of benzene rings is 2. The number of anilines is 1. The van der Waals surface area contributed by atoms with E-state index in [-0.39, 0.29) is 12.5 Å². The third kappa shape index (κ3) is 4.17. The summed E-state index contributed by atoms with van der Waals surface area (Å²) in [6, 6.07) is 14.7. The van der Waals surface area contributed by atoms with Crippen molar-refractivity contribution in [2.45, 2.75) is 11.5 Å². The number of amides is 1. The van der Waals surface area contributed by atoms with Crippen LogP contribution < -0.4 is 19.5 Å². The molecule has 3 aromatic rings. The molecule has 1 N–H and O–H groups in total. The second-order valence-electron chi connectivity index (χ2n) is 6.39. The highest BCUT2D eigenvalue weighted by atomic mass is 32.2. The Bertz CT molecular complexity index is 1000. The fourth-order valence-corrected chi connectivity index (χ4v) is 4.08. The molecule has 0 aliphatic carbocycles. The smallest absolute Gasteiger partial charge is 0.263 e. The summed E-state index contributed by atoms with van der Waals surface area (Å²) in [6.07, 6.45) is 0. The molecule has 0 fully saturated rings. The average molecular weight is 411 g/mol. The molecule has 0 unspecified atom stereocenters. The number of nitrogens with one attached hydrogen (secondary N) is 1. The minimum Gasteiger partial charge on any atom is -0.497 e. The maximum atomic E-state index is 12.6. The molecule has 2 aromatic carbocycles. The van der Waals surface area contributed by atoms with Gasteiger partial charge in [0.2, 0.25) is 0 Å². The van der Waals surface area contributed by atoms with Crippen molar-refractivity contribution in [2.75, 3.05) is 26.1 Å². The maximum Gasteiger partial charge on any atom is 0.263 e. The molecule has 8 heteroatoms. The van der Waals surface area contributed by atoms with Crippen LogP contribution in [0.2, 0.25) is 0 Å². The third-order valence-corrected chi connectivity index (χ3v) is 5.53. The van der Waals surface area contributed by atoms with E-state index in [1.807, 2.05) is 24.3 Å². The van der Waals surface area contributed by atoms with Gasteiger partial charge < -0.3 is 19.5 Å². The molecular formula is C21H21N3O4S. The lowest BCUT2D eigenvalue weighted by molar-refractivity contribution is -0.118. The summed E-state index contributed by atoms with van der Waals surface area (Å²) in [5, 5.41) is 7.67. The monoisotopic (exact) mass is 411 g/mol. The van der Waals surface area contributed by atoms with Crippen LogP contribution in [0.3, 0.4) is 0 Å². The summed E-state index contributed by atoms with van der Waals surface area (Å²) >= 11 is 1.78. The molecule has 1 aliphatic rings. The molecule has 0 radical (unpaired) electrons. The van der Waals surface area contributed by atoms with Gasteiger partial charge >= 0.3 is 0 Å². The van der Waals surface area contributed by atoms with E-state index in [2.05, 4.69) is 5.32 Å². The molecule has 0 spiro atoms. The van der Waals surface area contributed by atoms with Gasteiger partial charge in [0, 0.05) is 17.1 Å². The Labute approximate surface area is 173 Å². The van der Waals surface area contributed by atoms with E-state index in [0.29, 0.717) is 11.6 Å². The molecular weight excluding hydrogens is 390 g/mol. The topological polar surface area (TPSA) is 74.6 Å². The number of fused-ring (bicyclic) bond motifs is 1. The van der Waals surface area contributed by atoms with Gasteiger partial charge in [0.15, 0.2) is 6.61 Å². The van der Waals surface area contributed by atoms with Crippen LogP contribution in [0.4, 0.5) is 5.82 Å². The van der Waals surface area contributed by atoms with Crippen LogP contribution in [0, 0.1) is 0 Å². The van der Waals surface area contributed by atoms with E-state index in [4.69, 9.17) is 19.3 Å². The fourth-order valence-electron chi connectivity index (χ4n) is 3.04. The van der Waals surface area contributed by atoms with Crippen LogP contribution in [0.15, 0.2) is 48.5 Å². The Morgan fingerprint density at radius 2 is 1.62 bits per heavy atom. The van der Waals surface area contributed by atoms with Crippen molar-refractivity contribution < 1.29 is 19.0 Å². The molecule has 2 heterocycles. The molecule has 0 bridgehead atoms. The number of nitrogens with zero attached hydrogens (tertiary/aromatic N) is 2. The number of ether oxygens (including phenoxy) is 3. The lowest BCUT2D eigenvalue weighted by Crippen LogP contribution is -2.22. The van der Waals surface area contributed by atoms with E-state index in [9.17, 15) is 4.79 Å². The van der Waals surface area contributed by atoms with Gasteiger partial charge in [-0.05, 0) is 48.5 Å². The van der Waals surface area contributed by atoms with Gasteiger partial charge in [-0.15, -0.1) is 0 Å². The number of methoxy groups -OCH3 is 2. The zero-order valence-electron chi connectivity index (χ0n) is 16.2. The summed E-state index contributed by atoms with van der Waals surface area (Å²) in [5.74, 6) is 4.21. The van der Waals surface area contributed by atoms with Crippen LogP contribution in [0.25, 0.3) is 5.69 Å². The molecule has 1 aromatic heterocycles. The maximum absolute atomic E-state index is 12.6. The molecule has 4 rings (SSSR count). The Hall–Kier alpha value is -3.13. The van der Waals surface area contributed by atoms with Crippen LogP contribution in [0.5, 0.6) is 17.2 Å². The van der Waals surface area contributed by atoms with Crippen molar-refractivity contribution in [1.29, 1.82) is 0 Å². The zero-order valence-corrected chi connectivity index (χ0v) is 17.0. The Morgan fingerprint density at radius 3 is 2.28 bits per heavy atom. The normalized spacial score (nSPS) is 12.3. The van der Waals surface area contributed by atoms with Crippen molar-refractivity contribution in [3.8, 4) is 22.9 Å². The van der Waals surface area contributed by atoms with Crippen LogP contribution in [-0.4, -0.2) is 36.5 Å². The van der Waals surface area contributed by atoms with Crippen molar-refractivity contribution in [1.82, 2.24) is 9.78 Å².